The van der Waals surface area contributed by atoms with E-state index in [1.54, 1.807) is 0 Å². The molecule has 0 saturated carbocycles. The Labute approximate surface area is 68.6 Å². The molecule has 6 heteroatoms. The molecule has 0 spiro atoms. The number of nitrogens with two attached hydrogens (primary N) is 2. The number of aliphatic hydroxyl groups is 1. The van der Waals surface area contributed by atoms with Crippen molar-refractivity contribution in [2.45, 2.75) is 6.04 Å². The molecule has 0 aromatic heterocycles. The van der Waals surface area contributed by atoms with Crippen molar-refractivity contribution in [2.24, 2.45) is 21.7 Å². The molecular formula is C5H10N4OS. The Kier molecular flexibility index (Phi) is 2.86. The van der Waals surface area contributed by atoms with E-state index in [9.17, 15) is 0 Å². The van der Waals surface area contributed by atoms with Gasteiger partial charge >= 0.3 is 0 Å². The zero-order valence-corrected chi connectivity index (χ0v) is 6.71. The summed E-state index contributed by atoms with van der Waals surface area (Å²) >= 11 is 1.38. The monoisotopic (exact) mass is 174 g/mol. The highest BCUT2D eigenvalue weighted by Crippen LogP contribution is 2.08. The average molecular weight is 174 g/mol. The molecule has 0 aliphatic carbocycles. The molecule has 0 saturated heterocycles. The highest BCUT2D eigenvalue weighted by Gasteiger charge is 2.14. The molecule has 1 atom stereocenters. The van der Waals surface area contributed by atoms with Gasteiger partial charge in [-0.2, -0.15) is 5.10 Å². The number of rotatable bonds is 2. The Morgan fingerprint density at radius 1 is 1.64 bits per heavy atom. The number of hydrogen-bond acceptors (Lipinski definition) is 6. The van der Waals surface area contributed by atoms with Crippen LogP contribution < -0.4 is 11.5 Å². The molecule has 5 nitrogen and oxygen atoms in total. The first kappa shape index (κ1) is 8.51. The van der Waals surface area contributed by atoms with Gasteiger partial charge < -0.3 is 16.6 Å². The molecule has 0 aromatic rings. The minimum absolute atomic E-state index is 0.102. The van der Waals surface area contributed by atoms with E-state index < -0.39 is 6.04 Å². The van der Waals surface area contributed by atoms with E-state index in [-0.39, 0.29) is 6.61 Å². The molecule has 0 fully saturated rings. The van der Waals surface area contributed by atoms with Gasteiger partial charge in [0.25, 0.3) is 0 Å². The lowest BCUT2D eigenvalue weighted by atomic mass is 10.2. The zero-order valence-electron chi connectivity index (χ0n) is 5.90. The van der Waals surface area contributed by atoms with Crippen LogP contribution in [0.25, 0.3) is 0 Å². The van der Waals surface area contributed by atoms with E-state index in [1.165, 1.54) is 11.8 Å². The maximum atomic E-state index is 8.66. The van der Waals surface area contributed by atoms with E-state index in [1.807, 2.05) is 0 Å². The topological polar surface area (TPSA) is 97.0 Å². The van der Waals surface area contributed by atoms with Crippen molar-refractivity contribution in [3.63, 3.8) is 0 Å². The van der Waals surface area contributed by atoms with Crippen molar-refractivity contribution in [1.29, 1.82) is 0 Å². The second-order valence-corrected chi connectivity index (χ2v) is 3.10. The highest BCUT2D eigenvalue weighted by atomic mass is 32.2. The molecule has 11 heavy (non-hydrogen) atoms. The zero-order chi connectivity index (χ0) is 8.27. The SMILES string of the molecule is NC1=NN=C(C(N)CO)CS1. The average Bonchev–Trinajstić information content (AvgIpc) is 2.05. The summed E-state index contributed by atoms with van der Waals surface area (Å²) in [5, 5.41) is 16.5. The summed E-state index contributed by atoms with van der Waals surface area (Å²) in [6.07, 6.45) is 0. The maximum absolute atomic E-state index is 8.66. The molecular weight excluding hydrogens is 164 g/mol. The van der Waals surface area contributed by atoms with Crippen molar-refractivity contribution in [3.05, 3.63) is 0 Å². The fraction of sp³-hybridized carbons (Fsp3) is 0.600. The summed E-state index contributed by atoms with van der Waals surface area (Å²) in [5.74, 6) is 0.622. The third-order valence-electron chi connectivity index (χ3n) is 1.27. The lowest BCUT2D eigenvalue weighted by Gasteiger charge is -2.12. The fourth-order valence-corrected chi connectivity index (χ4v) is 1.27. The smallest absolute Gasteiger partial charge is 0.180 e. The second-order valence-electron chi connectivity index (χ2n) is 2.11. The first-order valence-electron chi connectivity index (χ1n) is 3.13. The minimum atomic E-state index is -0.403. The van der Waals surface area contributed by atoms with Gasteiger partial charge in [0, 0.05) is 5.75 Å². The number of amidine groups is 1. The first-order chi connectivity index (χ1) is 5.24. The van der Waals surface area contributed by atoms with Crippen LogP contribution in [0.2, 0.25) is 0 Å². The van der Waals surface area contributed by atoms with Gasteiger partial charge in [0.2, 0.25) is 0 Å². The van der Waals surface area contributed by atoms with Crippen LogP contribution in [0.4, 0.5) is 0 Å². The van der Waals surface area contributed by atoms with Gasteiger partial charge in [-0.3, -0.25) is 0 Å². The summed E-state index contributed by atoms with van der Waals surface area (Å²) < 4.78 is 0. The van der Waals surface area contributed by atoms with Gasteiger partial charge in [-0.05, 0) is 0 Å². The van der Waals surface area contributed by atoms with E-state index in [0.717, 1.165) is 0 Å². The van der Waals surface area contributed by atoms with E-state index in [2.05, 4.69) is 10.2 Å². The Bertz CT molecular complexity index is 203. The van der Waals surface area contributed by atoms with Crippen molar-refractivity contribution in [1.82, 2.24) is 0 Å². The molecule has 1 aliphatic heterocycles. The van der Waals surface area contributed by atoms with Crippen LogP contribution >= 0.6 is 11.8 Å². The summed E-state index contributed by atoms with van der Waals surface area (Å²) in [5.41, 5.74) is 11.5. The lowest BCUT2D eigenvalue weighted by molar-refractivity contribution is 0.289. The largest absolute Gasteiger partial charge is 0.394 e. The fourth-order valence-electron chi connectivity index (χ4n) is 0.606. The third-order valence-corrected chi connectivity index (χ3v) is 2.09. The predicted octanol–water partition coefficient (Wildman–Crippen LogP) is -1.28. The van der Waals surface area contributed by atoms with E-state index >= 15 is 0 Å². The molecule has 0 bridgehead atoms. The minimum Gasteiger partial charge on any atom is -0.394 e. The van der Waals surface area contributed by atoms with Crippen molar-refractivity contribution >= 4 is 22.6 Å². The van der Waals surface area contributed by atoms with Crippen LogP contribution in [-0.4, -0.2) is 34.4 Å². The van der Waals surface area contributed by atoms with Gasteiger partial charge in [-0.15, -0.1) is 5.10 Å². The Morgan fingerprint density at radius 3 is 2.82 bits per heavy atom. The van der Waals surface area contributed by atoms with Gasteiger partial charge in [-0.1, -0.05) is 11.8 Å². The Balaban J connectivity index is 2.60. The van der Waals surface area contributed by atoms with E-state index in [4.69, 9.17) is 16.6 Å². The van der Waals surface area contributed by atoms with E-state index in [0.29, 0.717) is 16.6 Å². The quantitative estimate of drug-likeness (QED) is 0.486. The molecule has 1 aliphatic rings. The third kappa shape index (κ3) is 2.18. The first-order valence-corrected chi connectivity index (χ1v) is 4.11. The predicted molar refractivity (Wildman–Crippen MR) is 46.6 cm³/mol. The standard InChI is InChI=1S/C5H10N4OS/c6-3(1-10)4-2-11-5(7)9-8-4/h3,10H,1-2,6H2,(H2,7,9). The van der Waals surface area contributed by atoms with Gasteiger partial charge in [0.1, 0.15) is 0 Å². The summed E-state index contributed by atoms with van der Waals surface area (Å²) in [7, 11) is 0. The molecule has 1 heterocycles. The summed E-state index contributed by atoms with van der Waals surface area (Å²) in [4.78, 5) is 0. The Morgan fingerprint density at radius 2 is 2.36 bits per heavy atom. The number of hydrogen-bond donors (Lipinski definition) is 3. The number of thioether (sulfide) groups is 1. The number of nitrogens with zero attached hydrogens (tertiary/aromatic N) is 2. The molecule has 0 aromatic carbocycles. The van der Waals surface area contributed by atoms with Crippen LogP contribution in [-0.2, 0) is 0 Å². The molecule has 62 valence electrons. The van der Waals surface area contributed by atoms with Crippen LogP contribution in [0.1, 0.15) is 0 Å². The van der Waals surface area contributed by atoms with Crippen molar-refractivity contribution < 1.29 is 5.11 Å². The summed E-state index contributed by atoms with van der Waals surface area (Å²) in [6.45, 7) is -0.102. The van der Waals surface area contributed by atoms with Crippen molar-refractivity contribution in [3.8, 4) is 0 Å². The maximum Gasteiger partial charge on any atom is 0.180 e. The lowest BCUT2D eigenvalue weighted by Crippen LogP contribution is -2.37. The number of aliphatic hydroxyl groups excluding tert-OH is 1. The molecule has 1 rings (SSSR count). The summed E-state index contributed by atoms with van der Waals surface area (Å²) in [6, 6.07) is -0.403. The normalized spacial score (nSPS) is 20.5. The van der Waals surface area contributed by atoms with Gasteiger partial charge in [0.15, 0.2) is 5.17 Å². The van der Waals surface area contributed by atoms with Crippen molar-refractivity contribution in [2.75, 3.05) is 12.4 Å². The van der Waals surface area contributed by atoms with Crippen LogP contribution in [0.5, 0.6) is 0 Å². The van der Waals surface area contributed by atoms with Crippen LogP contribution in [0, 0.1) is 0 Å². The Hall–Kier alpha value is -0.590. The second kappa shape index (κ2) is 3.70. The van der Waals surface area contributed by atoms with Gasteiger partial charge in [-0.25, -0.2) is 0 Å². The van der Waals surface area contributed by atoms with Gasteiger partial charge in [0.05, 0.1) is 18.4 Å². The van der Waals surface area contributed by atoms with Crippen LogP contribution in [0.3, 0.4) is 0 Å². The molecule has 5 N–H and O–H groups in total. The molecule has 1 unspecified atom stereocenters. The van der Waals surface area contributed by atoms with Crippen LogP contribution in [0.15, 0.2) is 10.2 Å². The molecule has 0 radical (unpaired) electrons. The highest BCUT2D eigenvalue weighted by molar-refractivity contribution is 8.14. The molecule has 0 amide bonds.